The van der Waals surface area contributed by atoms with E-state index in [1.54, 1.807) is 24.3 Å². The van der Waals surface area contributed by atoms with Gasteiger partial charge in [-0.25, -0.2) is 21.8 Å². The number of hydrogen-bond acceptors (Lipinski definition) is 5. The van der Waals surface area contributed by atoms with Gasteiger partial charge in [0.15, 0.2) is 0 Å². The van der Waals surface area contributed by atoms with Crippen molar-refractivity contribution < 1.29 is 16.8 Å². The van der Waals surface area contributed by atoms with E-state index < -0.39 is 20.0 Å². The lowest BCUT2D eigenvalue weighted by Crippen LogP contribution is -2.50. The van der Waals surface area contributed by atoms with Crippen LogP contribution in [-0.2, 0) is 25.8 Å². The third kappa shape index (κ3) is 4.69. The molecule has 0 N–H and O–H groups in total. The summed E-state index contributed by atoms with van der Waals surface area (Å²) in [5.74, 6) is -0.109. The molecule has 1 aromatic carbocycles. The topological polar surface area (TPSA) is 87.7 Å². The minimum atomic E-state index is -3.86. The van der Waals surface area contributed by atoms with Crippen molar-refractivity contribution in [3.63, 3.8) is 0 Å². The van der Waals surface area contributed by atoms with E-state index in [0.29, 0.717) is 10.0 Å². The van der Waals surface area contributed by atoms with Crippen molar-refractivity contribution in [3.8, 4) is 0 Å². The molecule has 1 saturated heterocycles. The third-order valence-corrected chi connectivity index (χ3v) is 8.78. The predicted molar refractivity (Wildman–Crippen MR) is 106 cm³/mol. The molecule has 1 aliphatic heterocycles. The predicted octanol–water partition coefficient (Wildman–Crippen LogP) is 2.33. The van der Waals surface area contributed by atoms with Gasteiger partial charge in [-0.15, -0.1) is 0 Å². The Hall–Kier alpha value is -1.04. The second-order valence-corrected chi connectivity index (χ2v) is 11.1. The molecule has 0 aliphatic carbocycles. The van der Waals surface area contributed by atoms with Crippen molar-refractivity contribution >= 4 is 47.6 Å². The highest BCUT2D eigenvalue weighted by atomic mass is 79.9. The standard InChI is InChI=1S/C16H17BrClN3O4S2/c17-14-10-15(16(18)19-11-14)27(24,25)21-8-6-20(7-9-21)26(22,23)12-13-4-2-1-3-5-13/h1-5,10-11H,6-9,12H2. The molecule has 0 spiro atoms. The summed E-state index contributed by atoms with van der Waals surface area (Å²) in [6.07, 6.45) is 1.41. The van der Waals surface area contributed by atoms with E-state index in [1.807, 2.05) is 6.07 Å². The van der Waals surface area contributed by atoms with Gasteiger partial charge in [0.1, 0.15) is 10.0 Å². The van der Waals surface area contributed by atoms with Gasteiger partial charge < -0.3 is 0 Å². The Labute approximate surface area is 172 Å². The number of benzene rings is 1. The molecular formula is C16H17BrClN3O4S2. The molecule has 146 valence electrons. The van der Waals surface area contributed by atoms with Crippen LogP contribution in [0.1, 0.15) is 5.56 Å². The van der Waals surface area contributed by atoms with Gasteiger partial charge >= 0.3 is 0 Å². The van der Waals surface area contributed by atoms with Crippen molar-refractivity contribution in [2.45, 2.75) is 10.6 Å². The van der Waals surface area contributed by atoms with Crippen LogP contribution in [0.4, 0.5) is 0 Å². The molecule has 3 rings (SSSR count). The summed E-state index contributed by atoms with van der Waals surface area (Å²) in [6.45, 7) is 0.291. The van der Waals surface area contributed by atoms with Crippen LogP contribution < -0.4 is 0 Å². The van der Waals surface area contributed by atoms with Gasteiger partial charge in [0.05, 0.1) is 5.75 Å². The molecule has 11 heteroatoms. The van der Waals surface area contributed by atoms with Gasteiger partial charge in [0.25, 0.3) is 0 Å². The van der Waals surface area contributed by atoms with Crippen LogP contribution in [0.3, 0.4) is 0 Å². The smallest absolute Gasteiger partial charge is 0.242 e. The molecule has 0 amide bonds. The maximum absolute atomic E-state index is 12.8. The zero-order chi connectivity index (χ0) is 19.7. The van der Waals surface area contributed by atoms with Gasteiger partial charge in [0.2, 0.25) is 20.0 Å². The van der Waals surface area contributed by atoms with Crippen molar-refractivity contribution in [1.29, 1.82) is 0 Å². The monoisotopic (exact) mass is 493 g/mol. The fourth-order valence-corrected chi connectivity index (χ4v) is 6.65. The number of halogens is 2. The second kappa shape index (κ2) is 8.14. The number of hydrogen-bond donors (Lipinski definition) is 0. The van der Waals surface area contributed by atoms with E-state index in [0.717, 1.165) is 0 Å². The van der Waals surface area contributed by atoms with Crippen LogP contribution >= 0.6 is 27.5 Å². The molecule has 2 aromatic rings. The van der Waals surface area contributed by atoms with Gasteiger partial charge in [-0.1, -0.05) is 41.9 Å². The third-order valence-electron chi connectivity index (χ3n) is 4.17. The summed E-state index contributed by atoms with van der Waals surface area (Å²) in [7, 11) is -7.37. The zero-order valence-corrected chi connectivity index (χ0v) is 18.1. The summed E-state index contributed by atoms with van der Waals surface area (Å²) in [6, 6.07) is 10.3. The Morgan fingerprint density at radius 1 is 1.00 bits per heavy atom. The van der Waals surface area contributed by atoms with E-state index in [-0.39, 0.29) is 42.0 Å². The molecule has 7 nitrogen and oxygen atoms in total. The average Bonchev–Trinajstić information content (AvgIpc) is 2.64. The lowest BCUT2D eigenvalue weighted by atomic mass is 10.2. The van der Waals surface area contributed by atoms with Crippen molar-refractivity contribution in [2.75, 3.05) is 26.2 Å². The first kappa shape index (κ1) is 20.7. The minimum Gasteiger partial charge on any atom is -0.242 e. The first-order chi connectivity index (χ1) is 12.7. The van der Waals surface area contributed by atoms with Crippen molar-refractivity contribution in [3.05, 3.63) is 57.8 Å². The molecule has 0 radical (unpaired) electrons. The lowest BCUT2D eigenvalue weighted by molar-refractivity contribution is 0.272. The normalized spacial score (nSPS) is 17.1. The fourth-order valence-electron chi connectivity index (χ4n) is 2.79. The van der Waals surface area contributed by atoms with Crippen LogP contribution in [0.5, 0.6) is 0 Å². The molecule has 1 aliphatic rings. The Morgan fingerprint density at radius 3 is 2.22 bits per heavy atom. The van der Waals surface area contributed by atoms with Crippen LogP contribution in [0.25, 0.3) is 0 Å². The van der Waals surface area contributed by atoms with E-state index in [2.05, 4.69) is 20.9 Å². The first-order valence-corrected chi connectivity index (χ1v) is 12.2. The second-order valence-electron chi connectivity index (χ2n) is 5.99. The molecule has 1 aromatic heterocycles. The fraction of sp³-hybridized carbons (Fsp3) is 0.312. The molecule has 27 heavy (non-hydrogen) atoms. The molecule has 0 saturated carbocycles. The average molecular weight is 495 g/mol. The Bertz CT molecular complexity index is 1020. The Kier molecular flexibility index (Phi) is 6.24. The Morgan fingerprint density at radius 2 is 1.59 bits per heavy atom. The summed E-state index contributed by atoms with van der Waals surface area (Å²) in [4.78, 5) is 3.75. The highest BCUT2D eigenvalue weighted by molar-refractivity contribution is 9.10. The molecule has 0 unspecified atom stereocenters. The minimum absolute atomic E-state index is 0.0548. The van der Waals surface area contributed by atoms with Gasteiger partial charge in [-0.05, 0) is 27.6 Å². The first-order valence-electron chi connectivity index (χ1n) is 8.03. The Balaban J connectivity index is 1.72. The number of nitrogens with zero attached hydrogens (tertiary/aromatic N) is 3. The van der Waals surface area contributed by atoms with Crippen LogP contribution in [-0.4, -0.2) is 56.6 Å². The highest BCUT2D eigenvalue weighted by Crippen LogP contribution is 2.27. The quantitative estimate of drug-likeness (QED) is 0.595. The number of aromatic nitrogens is 1. The molecule has 1 fully saturated rings. The summed E-state index contributed by atoms with van der Waals surface area (Å²) < 4.78 is 53.9. The van der Waals surface area contributed by atoms with Crippen molar-refractivity contribution in [1.82, 2.24) is 13.6 Å². The highest BCUT2D eigenvalue weighted by Gasteiger charge is 2.34. The van der Waals surface area contributed by atoms with Gasteiger partial charge in [0, 0.05) is 36.8 Å². The van der Waals surface area contributed by atoms with Crippen LogP contribution in [0.15, 0.2) is 52.0 Å². The maximum atomic E-state index is 12.8. The maximum Gasteiger partial charge on any atom is 0.246 e. The van der Waals surface area contributed by atoms with E-state index in [4.69, 9.17) is 11.6 Å². The summed E-state index contributed by atoms with van der Waals surface area (Å²) in [5, 5.41) is -0.114. The molecule has 0 bridgehead atoms. The molecule has 0 atom stereocenters. The SMILES string of the molecule is O=S(=O)(Cc1ccccc1)N1CCN(S(=O)(=O)c2cc(Br)cnc2Cl)CC1. The number of sulfonamides is 2. The summed E-state index contributed by atoms with van der Waals surface area (Å²) in [5.41, 5.74) is 0.694. The number of piperazine rings is 1. The van der Waals surface area contributed by atoms with Crippen LogP contribution in [0.2, 0.25) is 5.15 Å². The zero-order valence-electron chi connectivity index (χ0n) is 14.1. The molecular weight excluding hydrogens is 478 g/mol. The number of rotatable bonds is 5. The van der Waals surface area contributed by atoms with E-state index in [9.17, 15) is 16.8 Å². The van der Waals surface area contributed by atoms with Crippen LogP contribution in [0, 0.1) is 0 Å². The lowest BCUT2D eigenvalue weighted by Gasteiger charge is -2.33. The van der Waals surface area contributed by atoms with Gasteiger partial charge in [-0.2, -0.15) is 8.61 Å². The van der Waals surface area contributed by atoms with Crippen molar-refractivity contribution in [2.24, 2.45) is 0 Å². The van der Waals surface area contributed by atoms with E-state index in [1.165, 1.54) is 20.9 Å². The summed E-state index contributed by atoms with van der Waals surface area (Å²) >= 11 is 9.14. The molecule has 2 heterocycles. The van der Waals surface area contributed by atoms with E-state index >= 15 is 0 Å². The largest absolute Gasteiger partial charge is 0.246 e. The number of pyridine rings is 1. The van der Waals surface area contributed by atoms with Gasteiger partial charge in [-0.3, -0.25) is 0 Å².